The molecule has 3 aromatic rings. The van der Waals surface area contributed by atoms with Crippen molar-refractivity contribution in [3.05, 3.63) is 74.9 Å². The Labute approximate surface area is 285 Å². The van der Waals surface area contributed by atoms with Crippen LogP contribution in [0.5, 0.6) is 0 Å². The van der Waals surface area contributed by atoms with Gasteiger partial charge in [-0.25, -0.2) is 18.0 Å². The molecular weight excluding hydrogens is 658 g/mol. The first-order valence-corrected chi connectivity index (χ1v) is 18.1. The Hall–Kier alpha value is -3.93. The average Bonchev–Trinajstić information content (AvgIpc) is 3.44. The van der Waals surface area contributed by atoms with Crippen LogP contribution in [-0.2, 0) is 50.2 Å². The van der Waals surface area contributed by atoms with E-state index >= 15 is 0 Å². The summed E-state index contributed by atoms with van der Waals surface area (Å²) in [5.74, 6) is 5.71. The van der Waals surface area contributed by atoms with Crippen molar-refractivity contribution in [2.24, 2.45) is 0 Å². The number of fused-ring (bicyclic) bond motifs is 2. The van der Waals surface area contributed by atoms with Gasteiger partial charge in [-0.05, 0) is 48.2 Å². The molecule has 1 unspecified atom stereocenters. The van der Waals surface area contributed by atoms with Crippen LogP contribution < -0.4 is 0 Å². The van der Waals surface area contributed by atoms with Gasteiger partial charge in [0.2, 0.25) is 10.0 Å². The lowest BCUT2D eigenvalue weighted by molar-refractivity contribution is -0.146. The number of carbonyl (C=O) groups is 2. The first-order chi connectivity index (χ1) is 23.0. The Morgan fingerprint density at radius 1 is 1.06 bits per heavy atom. The lowest BCUT2D eigenvalue weighted by Crippen LogP contribution is -2.43. The third-order valence-corrected chi connectivity index (χ3v) is 10.7. The number of sulfonamides is 1. The predicted octanol–water partition coefficient (Wildman–Crippen LogP) is 3.39. The number of methoxy groups -OCH3 is 1. The summed E-state index contributed by atoms with van der Waals surface area (Å²) in [5.41, 5.74) is 6.14. The summed E-state index contributed by atoms with van der Waals surface area (Å²) in [6.45, 7) is 5.81. The van der Waals surface area contributed by atoms with Crippen LogP contribution in [-0.4, -0.2) is 109 Å². The molecule has 4 heterocycles. The van der Waals surface area contributed by atoms with Crippen LogP contribution in [0.2, 0.25) is 5.02 Å². The van der Waals surface area contributed by atoms with Crippen molar-refractivity contribution in [3.63, 3.8) is 0 Å². The average molecular weight is 696 g/mol. The maximum Gasteiger partial charge on any atom is 0.408 e. The maximum atomic E-state index is 12.5. The Bertz CT molecular complexity index is 1890. The molecule has 0 bridgehead atoms. The Morgan fingerprint density at radius 3 is 2.58 bits per heavy atom. The molecular formula is C34H38ClN5O7S. The highest BCUT2D eigenvalue weighted by molar-refractivity contribution is 7.88. The van der Waals surface area contributed by atoms with E-state index in [1.807, 2.05) is 22.9 Å². The standard InChI is InChI=1S/C34H38ClN5O7S/c1-46-33(41)32-27-8-5-23(20-24(27)10-15-39(32)34(42)43)4-6-25-21-26(7-9-29(25)35)31-28-22-38(48(2,44)45)14-11-30(28)40(36-31)13-3-12-37-16-18-47-19-17-37/h5,7-9,20-21,32H,3,10-19,22H2,1-2H3,(H,42,43). The monoisotopic (exact) mass is 695 g/mol. The van der Waals surface area contributed by atoms with Gasteiger partial charge < -0.3 is 14.6 Å². The summed E-state index contributed by atoms with van der Waals surface area (Å²) in [5, 5.41) is 15.1. The first-order valence-electron chi connectivity index (χ1n) is 15.9. The van der Waals surface area contributed by atoms with E-state index < -0.39 is 28.1 Å². The van der Waals surface area contributed by atoms with Crippen LogP contribution >= 0.6 is 11.6 Å². The molecule has 0 spiro atoms. The van der Waals surface area contributed by atoms with E-state index in [4.69, 9.17) is 26.2 Å². The van der Waals surface area contributed by atoms with Crippen molar-refractivity contribution in [3.8, 4) is 23.1 Å². The predicted molar refractivity (Wildman–Crippen MR) is 179 cm³/mol. The lowest BCUT2D eigenvalue weighted by atomic mass is 9.91. The summed E-state index contributed by atoms with van der Waals surface area (Å²) in [7, 11) is -2.15. The van der Waals surface area contributed by atoms with Crippen molar-refractivity contribution in [2.75, 3.05) is 59.3 Å². The molecule has 1 aromatic heterocycles. The third-order valence-electron chi connectivity index (χ3n) is 9.14. The minimum atomic E-state index is -3.39. The molecule has 3 aliphatic heterocycles. The molecule has 1 saturated heterocycles. The van der Waals surface area contributed by atoms with Crippen LogP contribution in [0.1, 0.15) is 46.0 Å². The highest BCUT2D eigenvalue weighted by Gasteiger charge is 2.37. The molecule has 6 rings (SSSR count). The summed E-state index contributed by atoms with van der Waals surface area (Å²) in [4.78, 5) is 27.7. The number of aromatic nitrogens is 2. The molecule has 1 fully saturated rings. The topological polar surface area (TPSA) is 135 Å². The number of esters is 1. The van der Waals surface area contributed by atoms with Gasteiger partial charge in [0, 0.05) is 80.2 Å². The summed E-state index contributed by atoms with van der Waals surface area (Å²) < 4.78 is 38.9. The Balaban J connectivity index is 1.29. The van der Waals surface area contributed by atoms with Gasteiger partial charge in [-0.1, -0.05) is 35.6 Å². The molecule has 1 amide bonds. The van der Waals surface area contributed by atoms with Crippen LogP contribution in [0, 0.1) is 11.8 Å². The normalized spacial score (nSPS) is 18.4. The lowest BCUT2D eigenvalue weighted by Gasteiger charge is -2.33. The number of halogens is 1. The summed E-state index contributed by atoms with van der Waals surface area (Å²) >= 11 is 6.61. The number of nitrogens with zero attached hydrogens (tertiary/aromatic N) is 5. The second-order valence-electron chi connectivity index (χ2n) is 12.2. The number of amides is 1. The minimum Gasteiger partial charge on any atom is -0.467 e. The van der Waals surface area contributed by atoms with Gasteiger partial charge in [0.05, 0.1) is 37.3 Å². The Morgan fingerprint density at radius 2 is 1.85 bits per heavy atom. The summed E-state index contributed by atoms with van der Waals surface area (Å²) in [6, 6.07) is 9.84. The summed E-state index contributed by atoms with van der Waals surface area (Å²) in [6.07, 6.45) is 1.98. The van der Waals surface area contributed by atoms with E-state index in [2.05, 4.69) is 16.7 Å². The Kier molecular flexibility index (Phi) is 10.1. The van der Waals surface area contributed by atoms with E-state index in [-0.39, 0.29) is 13.1 Å². The molecule has 1 N–H and O–H groups in total. The molecule has 14 heteroatoms. The fourth-order valence-corrected chi connectivity index (χ4v) is 7.57. The van der Waals surface area contributed by atoms with Crippen molar-refractivity contribution in [1.82, 2.24) is 23.9 Å². The van der Waals surface area contributed by atoms with E-state index in [9.17, 15) is 23.1 Å². The minimum absolute atomic E-state index is 0.161. The van der Waals surface area contributed by atoms with Gasteiger partial charge in [-0.3, -0.25) is 14.5 Å². The molecule has 3 aliphatic rings. The third kappa shape index (κ3) is 7.23. The van der Waals surface area contributed by atoms with Gasteiger partial charge in [-0.2, -0.15) is 9.40 Å². The van der Waals surface area contributed by atoms with Crippen molar-refractivity contribution >= 4 is 33.7 Å². The fourth-order valence-electron chi connectivity index (χ4n) is 6.62. The molecule has 0 saturated carbocycles. The number of hydrogen-bond donors (Lipinski definition) is 1. The second-order valence-corrected chi connectivity index (χ2v) is 14.6. The zero-order chi connectivity index (χ0) is 34.0. The first kappa shape index (κ1) is 34.0. The van der Waals surface area contributed by atoms with Crippen molar-refractivity contribution in [1.29, 1.82) is 0 Å². The number of carboxylic acid groups (broad SMARTS) is 1. The number of ether oxygens (including phenoxy) is 2. The zero-order valence-electron chi connectivity index (χ0n) is 26.9. The quantitative estimate of drug-likeness (QED) is 0.292. The van der Waals surface area contributed by atoms with Gasteiger partial charge in [0.1, 0.15) is 0 Å². The molecule has 1 atom stereocenters. The number of hydrogen-bond acceptors (Lipinski definition) is 8. The van der Waals surface area contributed by atoms with Crippen LogP contribution in [0.4, 0.5) is 4.79 Å². The van der Waals surface area contributed by atoms with Gasteiger partial charge in [-0.15, -0.1) is 0 Å². The van der Waals surface area contributed by atoms with E-state index in [0.29, 0.717) is 41.1 Å². The molecule has 254 valence electrons. The SMILES string of the molecule is COC(=O)C1c2ccc(C#Cc3cc(-c4nn(CCCN5CCOCC5)c5c4CN(S(C)(=O)=O)CC5)ccc3Cl)cc2CCN1C(=O)O. The van der Waals surface area contributed by atoms with E-state index in [1.54, 1.807) is 18.2 Å². The van der Waals surface area contributed by atoms with Crippen LogP contribution in [0.3, 0.4) is 0 Å². The molecule has 12 nitrogen and oxygen atoms in total. The number of aryl methyl sites for hydroxylation is 1. The number of morpholine rings is 1. The number of benzene rings is 2. The van der Waals surface area contributed by atoms with Crippen LogP contribution in [0.25, 0.3) is 11.3 Å². The van der Waals surface area contributed by atoms with Gasteiger partial charge >= 0.3 is 12.1 Å². The maximum absolute atomic E-state index is 12.5. The smallest absolute Gasteiger partial charge is 0.408 e. The fraction of sp³-hybridized carbons (Fsp3) is 0.441. The highest BCUT2D eigenvalue weighted by Crippen LogP contribution is 2.34. The zero-order valence-corrected chi connectivity index (χ0v) is 28.5. The number of rotatable bonds is 7. The number of carbonyl (C=O) groups excluding carboxylic acids is 1. The van der Waals surface area contributed by atoms with Crippen molar-refractivity contribution < 1.29 is 32.6 Å². The van der Waals surface area contributed by atoms with Gasteiger partial charge in [0.25, 0.3) is 0 Å². The van der Waals surface area contributed by atoms with E-state index in [1.165, 1.54) is 17.7 Å². The molecule has 2 aromatic carbocycles. The van der Waals surface area contributed by atoms with Crippen molar-refractivity contribution in [2.45, 2.75) is 38.4 Å². The van der Waals surface area contributed by atoms with E-state index in [0.717, 1.165) is 78.8 Å². The largest absolute Gasteiger partial charge is 0.467 e. The molecule has 48 heavy (non-hydrogen) atoms. The van der Waals surface area contributed by atoms with Gasteiger partial charge in [0.15, 0.2) is 6.04 Å². The van der Waals surface area contributed by atoms with Crippen LogP contribution in [0.15, 0.2) is 36.4 Å². The highest BCUT2D eigenvalue weighted by atomic mass is 35.5. The second kappa shape index (κ2) is 14.3. The molecule has 0 radical (unpaired) electrons. The molecule has 0 aliphatic carbocycles.